The summed E-state index contributed by atoms with van der Waals surface area (Å²) < 4.78 is 35.0. The molecule has 7 nitrogen and oxygen atoms in total. The van der Waals surface area contributed by atoms with E-state index in [1.807, 2.05) is 19.1 Å². The monoisotopic (exact) mass is 417 g/mol. The lowest BCUT2D eigenvalue weighted by atomic mass is 9.85. The van der Waals surface area contributed by atoms with Crippen molar-refractivity contribution in [3.8, 4) is 0 Å². The van der Waals surface area contributed by atoms with E-state index in [4.69, 9.17) is 9.73 Å². The Labute approximate surface area is 171 Å². The molecule has 156 valence electrons. The number of hydrogen-bond donors (Lipinski definition) is 1. The molecule has 0 aromatic carbocycles. The van der Waals surface area contributed by atoms with E-state index in [-0.39, 0.29) is 23.3 Å². The number of aliphatic imine (C=N–C) groups is 1. The van der Waals surface area contributed by atoms with E-state index in [2.05, 4.69) is 4.72 Å². The zero-order valence-electron chi connectivity index (χ0n) is 17.2. The van der Waals surface area contributed by atoms with Gasteiger partial charge in [0, 0.05) is 47.5 Å². The molecule has 8 heteroatoms. The zero-order chi connectivity index (χ0) is 20.9. The van der Waals surface area contributed by atoms with Gasteiger partial charge in [-0.05, 0) is 38.8 Å². The van der Waals surface area contributed by atoms with Gasteiger partial charge in [-0.1, -0.05) is 13.3 Å². The summed E-state index contributed by atoms with van der Waals surface area (Å²) in [7, 11) is -1.71. The lowest BCUT2D eigenvalue weighted by Gasteiger charge is -2.28. The summed E-state index contributed by atoms with van der Waals surface area (Å²) in [4.78, 5) is 17.0. The van der Waals surface area contributed by atoms with Crippen molar-refractivity contribution in [2.75, 3.05) is 5.75 Å². The summed E-state index contributed by atoms with van der Waals surface area (Å²) in [5, 5.41) is 0. The topological polar surface area (TPSA) is 89.8 Å². The zero-order valence-corrected chi connectivity index (χ0v) is 18.0. The summed E-state index contributed by atoms with van der Waals surface area (Å²) >= 11 is 0. The number of hydrogen-bond acceptors (Lipinski definition) is 5. The maximum atomic E-state index is 12.2. The molecule has 0 amide bonds. The van der Waals surface area contributed by atoms with Gasteiger partial charge in [-0.25, -0.2) is 13.4 Å². The Kier molecular flexibility index (Phi) is 4.93. The number of nitrogens with zero attached hydrogens (tertiary/aromatic N) is 2. The maximum absolute atomic E-state index is 12.2. The van der Waals surface area contributed by atoms with Crippen LogP contribution in [-0.2, 0) is 21.8 Å². The van der Waals surface area contributed by atoms with Crippen molar-refractivity contribution in [3.63, 3.8) is 0 Å². The van der Waals surface area contributed by atoms with Crippen molar-refractivity contribution in [2.24, 2.45) is 23.9 Å². The molecule has 1 N–H and O–H groups in total. The first kappa shape index (κ1) is 19.9. The van der Waals surface area contributed by atoms with Crippen LogP contribution in [0.15, 0.2) is 39.6 Å². The van der Waals surface area contributed by atoms with Crippen LogP contribution < -0.4 is 10.3 Å². The number of pyridine rings is 1. The Morgan fingerprint density at radius 3 is 2.66 bits per heavy atom. The standard InChI is InChI=1S/C21H27N3O4S/c1-5-29(26,27)23-17-10-16(15-9-12(2)21(25)24(4)11-15)19-18(13(17)3)22-20(28-19)14-7-6-8-14/h9-11,13-14,18,23H,5-8H2,1-4H3. The Hall–Kier alpha value is -2.35. The number of rotatable bonds is 5. The van der Waals surface area contributed by atoms with Crippen LogP contribution in [-0.4, -0.2) is 30.7 Å². The van der Waals surface area contributed by atoms with E-state index in [0.717, 1.165) is 35.6 Å². The molecule has 2 atom stereocenters. The first-order valence-corrected chi connectivity index (χ1v) is 11.7. The Morgan fingerprint density at radius 2 is 2.07 bits per heavy atom. The molecule has 2 heterocycles. The maximum Gasteiger partial charge on any atom is 0.253 e. The second kappa shape index (κ2) is 7.16. The number of ether oxygens (including phenoxy) is 1. The molecule has 0 radical (unpaired) electrons. The first-order valence-electron chi connectivity index (χ1n) is 10.1. The van der Waals surface area contributed by atoms with Gasteiger partial charge in [-0.2, -0.15) is 0 Å². The molecular weight excluding hydrogens is 390 g/mol. The van der Waals surface area contributed by atoms with Gasteiger partial charge in [0.1, 0.15) is 11.8 Å². The molecule has 0 bridgehead atoms. The summed E-state index contributed by atoms with van der Waals surface area (Å²) in [5.41, 5.74) is 2.75. The molecule has 0 spiro atoms. The van der Waals surface area contributed by atoms with Crippen molar-refractivity contribution < 1.29 is 13.2 Å². The second-order valence-corrected chi connectivity index (χ2v) is 10.2. The second-order valence-electron chi connectivity index (χ2n) is 8.14. The van der Waals surface area contributed by atoms with Crippen molar-refractivity contribution in [1.29, 1.82) is 0 Å². The fraction of sp³-hybridized carbons (Fsp3) is 0.524. The third-order valence-corrected chi connectivity index (χ3v) is 7.37. The molecule has 1 saturated carbocycles. The van der Waals surface area contributed by atoms with Crippen LogP contribution in [0.2, 0.25) is 0 Å². The number of nitrogens with one attached hydrogen (secondary N) is 1. The summed E-state index contributed by atoms with van der Waals surface area (Å²) in [6.07, 6.45) is 6.92. The number of aryl methyl sites for hydroxylation is 2. The van der Waals surface area contributed by atoms with Crippen LogP contribution in [0, 0.1) is 18.8 Å². The quantitative estimate of drug-likeness (QED) is 0.797. The van der Waals surface area contributed by atoms with Gasteiger partial charge in [-0.3, -0.25) is 9.52 Å². The normalized spacial score (nSPS) is 24.4. The van der Waals surface area contributed by atoms with Gasteiger partial charge in [0.25, 0.3) is 5.56 Å². The lowest BCUT2D eigenvalue weighted by Crippen LogP contribution is -2.34. The number of sulfonamides is 1. The first-order chi connectivity index (χ1) is 13.7. The SMILES string of the molecule is CCS(=O)(=O)NC1=CC(c2cc(C)c(=O)n(C)c2)=C2OC(C3CCC3)=NC2C1C. The van der Waals surface area contributed by atoms with Gasteiger partial charge in [0.15, 0.2) is 5.90 Å². The van der Waals surface area contributed by atoms with E-state index in [0.29, 0.717) is 17.2 Å². The van der Waals surface area contributed by atoms with Crippen LogP contribution in [0.5, 0.6) is 0 Å². The number of allylic oxidation sites excluding steroid dienone is 2. The van der Waals surface area contributed by atoms with E-state index in [1.54, 1.807) is 27.1 Å². The Morgan fingerprint density at radius 1 is 1.34 bits per heavy atom. The van der Waals surface area contributed by atoms with Gasteiger partial charge in [0.2, 0.25) is 10.0 Å². The minimum atomic E-state index is -3.42. The highest BCUT2D eigenvalue weighted by atomic mass is 32.2. The predicted octanol–water partition coefficient (Wildman–Crippen LogP) is 2.48. The van der Waals surface area contributed by atoms with Crippen LogP contribution in [0.3, 0.4) is 0 Å². The smallest absolute Gasteiger partial charge is 0.253 e. The summed E-state index contributed by atoms with van der Waals surface area (Å²) in [5.74, 6) is 1.70. The van der Waals surface area contributed by atoms with Crippen LogP contribution in [0.4, 0.5) is 0 Å². The fourth-order valence-corrected chi connectivity index (χ4v) is 4.69. The van der Waals surface area contributed by atoms with E-state index >= 15 is 0 Å². The van der Waals surface area contributed by atoms with Crippen molar-refractivity contribution >= 4 is 21.5 Å². The van der Waals surface area contributed by atoms with Crippen LogP contribution >= 0.6 is 0 Å². The van der Waals surface area contributed by atoms with Crippen molar-refractivity contribution in [1.82, 2.24) is 9.29 Å². The minimum Gasteiger partial charge on any atom is -0.444 e. The molecule has 29 heavy (non-hydrogen) atoms. The largest absolute Gasteiger partial charge is 0.444 e. The van der Waals surface area contributed by atoms with Crippen molar-refractivity contribution in [3.05, 3.63) is 51.3 Å². The average molecular weight is 418 g/mol. The van der Waals surface area contributed by atoms with Crippen LogP contribution in [0.1, 0.15) is 44.2 Å². The molecule has 1 aliphatic heterocycles. The third-order valence-electron chi connectivity index (χ3n) is 6.06. The van der Waals surface area contributed by atoms with Gasteiger partial charge >= 0.3 is 0 Å². The molecule has 2 aliphatic carbocycles. The van der Waals surface area contributed by atoms with Gasteiger partial charge in [-0.15, -0.1) is 0 Å². The van der Waals surface area contributed by atoms with Gasteiger partial charge in [0.05, 0.1) is 5.75 Å². The molecule has 2 unspecified atom stereocenters. The lowest BCUT2D eigenvalue weighted by molar-refractivity contribution is 0.318. The average Bonchev–Trinajstić information content (AvgIpc) is 3.05. The van der Waals surface area contributed by atoms with E-state index < -0.39 is 10.0 Å². The molecular formula is C21H27N3O4S. The van der Waals surface area contributed by atoms with Gasteiger partial charge < -0.3 is 9.30 Å². The molecule has 4 rings (SSSR count). The third kappa shape index (κ3) is 3.54. The fourth-order valence-electron chi connectivity index (χ4n) is 3.95. The molecule has 1 aromatic heterocycles. The van der Waals surface area contributed by atoms with Crippen LogP contribution in [0.25, 0.3) is 5.57 Å². The molecule has 0 saturated heterocycles. The Bertz CT molecular complexity index is 1080. The van der Waals surface area contributed by atoms with Crippen molar-refractivity contribution in [2.45, 2.75) is 46.1 Å². The molecule has 3 aliphatic rings. The molecule has 1 aromatic rings. The van der Waals surface area contributed by atoms with E-state index in [9.17, 15) is 13.2 Å². The molecule has 1 fully saturated rings. The predicted molar refractivity (Wildman–Crippen MR) is 113 cm³/mol. The highest BCUT2D eigenvalue weighted by Gasteiger charge is 2.41. The highest BCUT2D eigenvalue weighted by molar-refractivity contribution is 7.89. The Balaban J connectivity index is 1.83. The highest BCUT2D eigenvalue weighted by Crippen LogP contribution is 2.42. The number of fused-ring (bicyclic) bond motifs is 1. The summed E-state index contributed by atoms with van der Waals surface area (Å²) in [6.45, 7) is 5.35. The summed E-state index contributed by atoms with van der Waals surface area (Å²) in [6, 6.07) is 1.56. The number of aromatic nitrogens is 1. The van der Waals surface area contributed by atoms with E-state index in [1.165, 1.54) is 11.0 Å². The minimum absolute atomic E-state index is 0.000327.